The molecule has 0 atom stereocenters. The van der Waals surface area contributed by atoms with Crippen molar-refractivity contribution in [3.8, 4) is 0 Å². The number of nitrogens with zero attached hydrogens (tertiary/aromatic N) is 2. The highest BCUT2D eigenvalue weighted by Gasteiger charge is 2.34. The molecule has 0 unspecified atom stereocenters. The number of hydrogen-bond acceptors (Lipinski definition) is 5. The molecular weight excluding hydrogens is 490 g/mol. The number of nitrogens with one attached hydrogen (secondary N) is 3. The molecule has 1 aliphatic heterocycles. The molecule has 2 heterocycles. The van der Waals surface area contributed by atoms with Gasteiger partial charge in [-0.05, 0) is 55.0 Å². The maximum atomic E-state index is 14.1. The smallest absolute Gasteiger partial charge is 0.356 e. The minimum atomic E-state index is -4.56. The number of alkyl halides is 3. The average molecular weight is 518 g/mol. The lowest BCUT2D eigenvalue weighted by Gasteiger charge is -2.33. The zero-order valence-electron chi connectivity index (χ0n) is 19.2. The number of anilines is 3. The molecule has 1 aromatic carbocycles. The number of hydrogen-bond donors (Lipinski definition) is 3. The van der Waals surface area contributed by atoms with Crippen LogP contribution in [0.4, 0.5) is 39.5 Å². The highest BCUT2D eigenvalue weighted by atomic mass is 32.2. The van der Waals surface area contributed by atoms with Crippen molar-refractivity contribution in [2.75, 3.05) is 40.8 Å². The van der Waals surface area contributed by atoms with Crippen LogP contribution >= 0.6 is 0 Å². The van der Waals surface area contributed by atoms with Gasteiger partial charge in [0.05, 0.1) is 11.9 Å². The van der Waals surface area contributed by atoms with Crippen molar-refractivity contribution >= 4 is 33.2 Å². The summed E-state index contributed by atoms with van der Waals surface area (Å²) in [6.07, 6.45) is -1.72. The predicted octanol–water partition coefficient (Wildman–Crippen LogP) is 4.21. The van der Waals surface area contributed by atoms with Crippen LogP contribution in [-0.2, 0) is 22.6 Å². The number of rotatable bonds is 7. The summed E-state index contributed by atoms with van der Waals surface area (Å²) in [4.78, 5) is 17.9. The van der Waals surface area contributed by atoms with E-state index in [-0.39, 0.29) is 30.2 Å². The monoisotopic (exact) mass is 517 g/mol. The van der Waals surface area contributed by atoms with Gasteiger partial charge >= 0.3 is 12.2 Å². The van der Waals surface area contributed by atoms with Gasteiger partial charge in [0.1, 0.15) is 17.3 Å². The Kier molecular flexibility index (Phi) is 8.08. The molecule has 35 heavy (non-hydrogen) atoms. The van der Waals surface area contributed by atoms with Crippen LogP contribution in [0.15, 0.2) is 30.3 Å². The molecule has 1 saturated heterocycles. The number of amides is 2. The van der Waals surface area contributed by atoms with E-state index in [4.69, 9.17) is 0 Å². The summed E-state index contributed by atoms with van der Waals surface area (Å²) in [6, 6.07) is 5.12. The molecule has 0 spiro atoms. The summed E-state index contributed by atoms with van der Waals surface area (Å²) < 4.78 is 78.2. The van der Waals surface area contributed by atoms with Crippen molar-refractivity contribution in [1.29, 1.82) is 0 Å². The minimum absolute atomic E-state index is 0.0957. The molecular formula is C22H27F4N5O3S. The molecule has 1 aromatic heterocycles. The average Bonchev–Trinajstić information content (AvgIpc) is 2.75. The summed E-state index contributed by atoms with van der Waals surface area (Å²) in [6.45, 7) is 3.41. The SMILES string of the molecule is CC1CCN(c2nc(C(F)(F)F)ccc2CCNC(=O)Nc2ccc(NS(C)(=O)=O)c(F)c2)CC1. The Morgan fingerprint density at radius 3 is 2.46 bits per heavy atom. The van der Waals surface area contributed by atoms with Crippen LogP contribution in [0, 0.1) is 11.7 Å². The van der Waals surface area contributed by atoms with E-state index < -0.39 is 33.7 Å². The van der Waals surface area contributed by atoms with E-state index in [0.29, 0.717) is 24.6 Å². The van der Waals surface area contributed by atoms with Crippen LogP contribution in [0.1, 0.15) is 31.0 Å². The lowest BCUT2D eigenvalue weighted by molar-refractivity contribution is -0.141. The van der Waals surface area contributed by atoms with Gasteiger partial charge in [-0.2, -0.15) is 13.2 Å². The lowest BCUT2D eigenvalue weighted by Crippen LogP contribution is -2.35. The highest BCUT2D eigenvalue weighted by molar-refractivity contribution is 7.92. The molecule has 1 fully saturated rings. The molecule has 3 rings (SSSR count). The first-order valence-electron chi connectivity index (χ1n) is 11.0. The highest BCUT2D eigenvalue weighted by Crippen LogP contribution is 2.32. The fraction of sp³-hybridized carbons (Fsp3) is 0.455. The minimum Gasteiger partial charge on any atom is -0.356 e. The zero-order chi connectivity index (χ0) is 25.8. The number of sulfonamides is 1. The summed E-state index contributed by atoms with van der Waals surface area (Å²) in [5, 5.41) is 5.01. The number of halogens is 4. The predicted molar refractivity (Wildman–Crippen MR) is 125 cm³/mol. The van der Waals surface area contributed by atoms with Gasteiger partial charge in [0, 0.05) is 25.3 Å². The topological polar surface area (TPSA) is 103 Å². The molecule has 2 aromatic rings. The van der Waals surface area contributed by atoms with E-state index in [0.717, 1.165) is 31.2 Å². The van der Waals surface area contributed by atoms with Crippen LogP contribution in [0.2, 0.25) is 0 Å². The van der Waals surface area contributed by atoms with Gasteiger partial charge in [0.25, 0.3) is 0 Å². The Morgan fingerprint density at radius 1 is 1.17 bits per heavy atom. The second-order valence-electron chi connectivity index (χ2n) is 8.55. The van der Waals surface area contributed by atoms with Crippen molar-refractivity contribution in [1.82, 2.24) is 10.3 Å². The van der Waals surface area contributed by atoms with Crippen LogP contribution in [0.25, 0.3) is 0 Å². The number of carbonyl (C=O) groups excluding carboxylic acids is 1. The lowest BCUT2D eigenvalue weighted by atomic mass is 9.98. The van der Waals surface area contributed by atoms with Crippen LogP contribution in [0.3, 0.4) is 0 Å². The van der Waals surface area contributed by atoms with Crippen molar-refractivity contribution in [3.05, 3.63) is 47.4 Å². The van der Waals surface area contributed by atoms with Crippen molar-refractivity contribution in [2.24, 2.45) is 5.92 Å². The van der Waals surface area contributed by atoms with Crippen molar-refractivity contribution in [3.63, 3.8) is 0 Å². The van der Waals surface area contributed by atoms with Gasteiger partial charge in [-0.1, -0.05) is 13.0 Å². The fourth-order valence-electron chi connectivity index (χ4n) is 3.69. The maximum absolute atomic E-state index is 14.1. The van der Waals surface area contributed by atoms with Crippen LogP contribution in [-0.4, -0.2) is 45.3 Å². The Morgan fingerprint density at radius 2 is 1.86 bits per heavy atom. The van der Waals surface area contributed by atoms with Crippen molar-refractivity contribution < 1.29 is 30.8 Å². The van der Waals surface area contributed by atoms with Gasteiger partial charge < -0.3 is 15.5 Å². The molecule has 0 radical (unpaired) electrons. The third-order valence-corrected chi connectivity index (χ3v) is 6.12. The van der Waals surface area contributed by atoms with E-state index in [2.05, 4.69) is 22.5 Å². The Balaban J connectivity index is 1.63. The standard InChI is InChI=1S/C22H27F4N5O3S/c1-14-8-11-31(12-9-14)20-15(3-6-19(29-20)22(24,25)26)7-10-27-21(32)28-16-4-5-18(17(23)13-16)30-35(2,33)34/h3-6,13-14,30H,7-12H2,1-2H3,(H2,27,28,32). The van der Waals surface area contributed by atoms with Gasteiger partial charge in [0.15, 0.2) is 0 Å². The molecule has 1 aliphatic rings. The summed E-state index contributed by atoms with van der Waals surface area (Å²) in [7, 11) is -3.66. The Labute approximate surface area is 201 Å². The molecule has 0 bridgehead atoms. The summed E-state index contributed by atoms with van der Waals surface area (Å²) in [5.41, 5.74) is -0.544. The summed E-state index contributed by atoms with van der Waals surface area (Å²) in [5.74, 6) is -0.110. The second kappa shape index (κ2) is 10.7. The molecule has 0 saturated carbocycles. The number of piperidine rings is 1. The van der Waals surface area contributed by atoms with E-state index >= 15 is 0 Å². The van der Waals surface area contributed by atoms with E-state index in [1.54, 1.807) is 0 Å². The molecule has 192 valence electrons. The van der Waals surface area contributed by atoms with Gasteiger partial charge in [-0.25, -0.2) is 22.6 Å². The van der Waals surface area contributed by atoms with E-state index in [9.17, 15) is 30.8 Å². The van der Waals surface area contributed by atoms with Gasteiger partial charge in [-0.3, -0.25) is 4.72 Å². The number of carbonyl (C=O) groups is 1. The first kappa shape index (κ1) is 26.5. The van der Waals surface area contributed by atoms with Crippen LogP contribution in [0.5, 0.6) is 0 Å². The normalized spacial score (nSPS) is 15.1. The molecule has 8 nitrogen and oxygen atoms in total. The number of benzene rings is 1. The largest absolute Gasteiger partial charge is 0.433 e. The van der Waals surface area contributed by atoms with E-state index in [1.165, 1.54) is 18.2 Å². The Hall–Kier alpha value is -3.09. The second-order valence-corrected chi connectivity index (χ2v) is 10.3. The van der Waals surface area contributed by atoms with Crippen molar-refractivity contribution in [2.45, 2.75) is 32.4 Å². The first-order valence-corrected chi connectivity index (χ1v) is 12.9. The fourth-order valence-corrected chi connectivity index (χ4v) is 4.25. The molecule has 2 amide bonds. The maximum Gasteiger partial charge on any atom is 0.433 e. The number of pyridine rings is 1. The summed E-state index contributed by atoms with van der Waals surface area (Å²) >= 11 is 0. The molecule has 13 heteroatoms. The number of aromatic nitrogens is 1. The third-order valence-electron chi connectivity index (χ3n) is 5.53. The van der Waals surface area contributed by atoms with Gasteiger partial charge in [0.2, 0.25) is 10.0 Å². The Bertz CT molecular complexity index is 1170. The zero-order valence-corrected chi connectivity index (χ0v) is 20.1. The number of urea groups is 1. The third kappa shape index (κ3) is 7.70. The quantitative estimate of drug-likeness (QED) is 0.478. The van der Waals surface area contributed by atoms with Gasteiger partial charge in [-0.15, -0.1) is 0 Å². The molecule has 0 aliphatic carbocycles. The molecule has 3 N–H and O–H groups in total. The first-order chi connectivity index (χ1) is 16.3. The van der Waals surface area contributed by atoms with Crippen LogP contribution < -0.4 is 20.3 Å². The van der Waals surface area contributed by atoms with E-state index in [1.807, 2.05) is 9.62 Å².